The highest BCUT2D eigenvalue weighted by molar-refractivity contribution is 7.99. The van der Waals surface area contributed by atoms with Gasteiger partial charge < -0.3 is 5.32 Å². The van der Waals surface area contributed by atoms with Gasteiger partial charge in [0.2, 0.25) is 0 Å². The Morgan fingerprint density at radius 1 is 1.39 bits per heavy atom. The molecule has 0 saturated heterocycles. The molecule has 1 nitrogen and oxygen atoms in total. The second-order valence-corrected chi connectivity index (χ2v) is 6.66. The van der Waals surface area contributed by atoms with Gasteiger partial charge in [0.25, 0.3) is 0 Å². The second kappa shape index (κ2) is 6.83. The summed E-state index contributed by atoms with van der Waals surface area (Å²) in [6, 6.07) is 6.78. The van der Waals surface area contributed by atoms with Gasteiger partial charge in [-0.3, -0.25) is 0 Å². The van der Waals surface area contributed by atoms with Crippen molar-refractivity contribution in [1.82, 2.24) is 5.32 Å². The lowest BCUT2D eigenvalue weighted by Gasteiger charge is -2.14. The lowest BCUT2D eigenvalue weighted by atomic mass is 10.1. The SMILES string of the molecule is CNC(C)c1ccc(SCC2CCCC2)cc1Cl. The maximum absolute atomic E-state index is 6.35. The van der Waals surface area contributed by atoms with Crippen LogP contribution in [0.25, 0.3) is 0 Å². The van der Waals surface area contributed by atoms with Crippen LogP contribution in [0.15, 0.2) is 23.1 Å². The third-order valence-electron chi connectivity index (χ3n) is 3.83. The topological polar surface area (TPSA) is 12.0 Å². The second-order valence-electron chi connectivity index (χ2n) is 5.16. The number of hydrogen-bond donors (Lipinski definition) is 1. The smallest absolute Gasteiger partial charge is 0.0464 e. The van der Waals surface area contributed by atoms with Crippen molar-refractivity contribution in [1.29, 1.82) is 0 Å². The first kappa shape index (κ1) is 14.2. The highest BCUT2D eigenvalue weighted by atomic mass is 35.5. The van der Waals surface area contributed by atoms with Crippen molar-refractivity contribution in [3.8, 4) is 0 Å². The lowest BCUT2D eigenvalue weighted by molar-refractivity contribution is 0.623. The monoisotopic (exact) mass is 283 g/mol. The van der Waals surface area contributed by atoms with Crippen LogP contribution in [0.3, 0.4) is 0 Å². The van der Waals surface area contributed by atoms with Gasteiger partial charge in [0.1, 0.15) is 0 Å². The number of thioether (sulfide) groups is 1. The molecule has 1 unspecified atom stereocenters. The van der Waals surface area contributed by atoms with Crippen molar-refractivity contribution in [3.05, 3.63) is 28.8 Å². The average molecular weight is 284 g/mol. The first-order valence-corrected chi connectivity index (χ1v) is 8.16. The Morgan fingerprint density at radius 3 is 2.72 bits per heavy atom. The van der Waals surface area contributed by atoms with Crippen molar-refractivity contribution in [2.45, 2.75) is 43.5 Å². The first-order chi connectivity index (χ1) is 8.70. The Hall–Kier alpha value is -0.180. The van der Waals surface area contributed by atoms with Gasteiger partial charge in [0.15, 0.2) is 0 Å². The molecule has 1 saturated carbocycles. The molecule has 0 aliphatic heterocycles. The third kappa shape index (κ3) is 3.66. The van der Waals surface area contributed by atoms with Crippen molar-refractivity contribution in [3.63, 3.8) is 0 Å². The molecule has 100 valence electrons. The van der Waals surface area contributed by atoms with Crippen molar-refractivity contribution < 1.29 is 0 Å². The van der Waals surface area contributed by atoms with Gasteiger partial charge in [-0.05, 0) is 50.4 Å². The molecule has 1 aromatic rings. The predicted octanol–water partition coefficient (Wildman–Crippen LogP) is 4.90. The molecule has 1 aliphatic carbocycles. The van der Waals surface area contributed by atoms with Crippen LogP contribution >= 0.6 is 23.4 Å². The quantitative estimate of drug-likeness (QED) is 0.771. The Bertz CT molecular complexity index is 388. The van der Waals surface area contributed by atoms with Gasteiger partial charge >= 0.3 is 0 Å². The summed E-state index contributed by atoms with van der Waals surface area (Å²) >= 11 is 8.30. The minimum atomic E-state index is 0.311. The standard InChI is InChI=1S/C15H22ClNS/c1-11(17-2)14-8-7-13(9-15(14)16)18-10-12-5-3-4-6-12/h7-9,11-12,17H,3-6,10H2,1-2H3. The highest BCUT2D eigenvalue weighted by Gasteiger charge is 2.15. The normalized spacial score (nSPS) is 18.2. The van der Waals surface area contributed by atoms with E-state index in [1.54, 1.807) is 0 Å². The largest absolute Gasteiger partial charge is 0.313 e. The fraction of sp³-hybridized carbons (Fsp3) is 0.600. The summed E-state index contributed by atoms with van der Waals surface area (Å²) in [6.07, 6.45) is 5.67. The minimum absolute atomic E-state index is 0.311. The molecule has 2 rings (SSSR count). The summed E-state index contributed by atoms with van der Waals surface area (Å²) < 4.78 is 0. The maximum atomic E-state index is 6.35. The van der Waals surface area contributed by atoms with Crippen LogP contribution in [0, 0.1) is 5.92 Å². The zero-order chi connectivity index (χ0) is 13.0. The zero-order valence-corrected chi connectivity index (χ0v) is 12.8. The Morgan fingerprint density at radius 2 is 2.11 bits per heavy atom. The molecule has 0 spiro atoms. The third-order valence-corrected chi connectivity index (χ3v) is 5.38. The molecule has 1 aliphatic rings. The minimum Gasteiger partial charge on any atom is -0.313 e. The number of halogens is 1. The Kier molecular flexibility index (Phi) is 5.40. The fourth-order valence-electron chi connectivity index (χ4n) is 2.50. The van der Waals surface area contributed by atoms with Gasteiger partial charge in [-0.2, -0.15) is 0 Å². The Labute approximate surface area is 120 Å². The fourth-order valence-corrected chi connectivity index (χ4v) is 4.03. The van der Waals surface area contributed by atoms with Crippen LogP contribution in [0.1, 0.15) is 44.2 Å². The molecule has 1 atom stereocenters. The van der Waals surface area contributed by atoms with E-state index in [0.717, 1.165) is 10.9 Å². The summed E-state index contributed by atoms with van der Waals surface area (Å²) in [5, 5.41) is 4.11. The number of hydrogen-bond acceptors (Lipinski definition) is 2. The van der Waals surface area contributed by atoms with Crippen molar-refractivity contribution in [2.75, 3.05) is 12.8 Å². The van der Waals surface area contributed by atoms with Gasteiger partial charge in [-0.25, -0.2) is 0 Å². The van der Waals surface area contributed by atoms with Gasteiger partial charge in [0.05, 0.1) is 0 Å². The zero-order valence-electron chi connectivity index (χ0n) is 11.2. The summed E-state index contributed by atoms with van der Waals surface area (Å²) in [6.45, 7) is 2.13. The number of benzene rings is 1. The summed E-state index contributed by atoms with van der Waals surface area (Å²) in [7, 11) is 1.96. The maximum Gasteiger partial charge on any atom is 0.0464 e. The van der Waals surface area contributed by atoms with Crippen LogP contribution in [0.4, 0.5) is 0 Å². The molecular weight excluding hydrogens is 262 g/mol. The first-order valence-electron chi connectivity index (χ1n) is 6.80. The molecule has 1 N–H and O–H groups in total. The van der Waals surface area contributed by atoms with Crippen LogP contribution in [-0.2, 0) is 0 Å². The van der Waals surface area contributed by atoms with E-state index in [-0.39, 0.29) is 0 Å². The van der Waals surface area contributed by atoms with Crippen LogP contribution in [0.2, 0.25) is 5.02 Å². The molecule has 3 heteroatoms. The summed E-state index contributed by atoms with van der Waals surface area (Å²) in [4.78, 5) is 1.30. The molecule has 0 radical (unpaired) electrons. The lowest BCUT2D eigenvalue weighted by Crippen LogP contribution is -2.12. The average Bonchev–Trinajstić information content (AvgIpc) is 2.88. The van der Waals surface area contributed by atoms with Crippen LogP contribution in [-0.4, -0.2) is 12.8 Å². The van der Waals surface area contributed by atoms with Gasteiger partial charge in [0, 0.05) is 21.7 Å². The summed E-state index contributed by atoms with van der Waals surface area (Å²) in [5.74, 6) is 2.17. The van der Waals surface area contributed by atoms with Crippen LogP contribution in [0.5, 0.6) is 0 Å². The Balaban J connectivity index is 1.95. The van der Waals surface area contributed by atoms with E-state index in [2.05, 4.69) is 30.4 Å². The van der Waals surface area contributed by atoms with E-state index in [9.17, 15) is 0 Å². The van der Waals surface area contributed by atoms with Crippen LogP contribution < -0.4 is 5.32 Å². The van der Waals surface area contributed by atoms with E-state index in [0.29, 0.717) is 6.04 Å². The van der Waals surface area contributed by atoms with Gasteiger partial charge in [-0.15, -0.1) is 11.8 Å². The predicted molar refractivity (Wildman–Crippen MR) is 81.6 cm³/mol. The molecule has 18 heavy (non-hydrogen) atoms. The molecule has 0 amide bonds. The van der Waals surface area contributed by atoms with Gasteiger partial charge in [-0.1, -0.05) is 30.5 Å². The van der Waals surface area contributed by atoms with E-state index in [1.807, 2.05) is 18.8 Å². The van der Waals surface area contributed by atoms with E-state index >= 15 is 0 Å². The molecule has 1 fully saturated rings. The van der Waals surface area contributed by atoms with Crippen molar-refractivity contribution in [2.24, 2.45) is 5.92 Å². The molecule has 1 aromatic carbocycles. The van der Waals surface area contributed by atoms with Crippen molar-refractivity contribution >= 4 is 23.4 Å². The molecule has 0 aromatic heterocycles. The molecule has 0 heterocycles. The molecular formula is C15H22ClNS. The highest BCUT2D eigenvalue weighted by Crippen LogP contribution is 2.33. The number of nitrogens with one attached hydrogen (secondary N) is 1. The molecule has 0 bridgehead atoms. The van der Waals surface area contributed by atoms with E-state index in [1.165, 1.54) is 41.9 Å². The van der Waals surface area contributed by atoms with E-state index < -0.39 is 0 Å². The van der Waals surface area contributed by atoms with E-state index in [4.69, 9.17) is 11.6 Å². The summed E-state index contributed by atoms with van der Waals surface area (Å²) in [5.41, 5.74) is 1.18. The number of rotatable bonds is 5.